The zero-order chi connectivity index (χ0) is 46.0. The molecule has 15 nitrogen and oxygen atoms in total. The Hall–Kier alpha value is -3.09. The summed E-state index contributed by atoms with van der Waals surface area (Å²) in [6.07, 6.45) is -0.863. The highest BCUT2D eigenvalue weighted by molar-refractivity contribution is 8.76. The van der Waals surface area contributed by atoms with Crippen LogP contribution in [0.25, 0.3) is 0 Å². The van der Waals surface area contributed by atoms with Crippen LogP contribution in [0.2, 0.25) is 0 Å². The lowest BCUT2D eigenvalue weighted by Gasteiger charge is -2.41. The molecule has 1 heterocycles. The molecular formula is C44H75N5O10S2. The standard InChI is InChI=1S/C44H75N5O10S2/c1-13-29(6)38(47(9)43(55)36(27(2)3)46-42(54)37(28(4)5)48(10)44(56)59-23-25-61-60-24-22-50)34(57-11)26-35(51)49-21-17-20-33(49)40(58-12)30(7)41(53)45-31(8)39(52)32-18-15-14-16-19-32/h14-16,18-19,27-31,33-34,36-40,50,52H,13,17,20-26H2,1-12H3,(H,45,53)(H,46,54)/t29-,30+,31+,33-,34+,36-,37-,38-,39+,40+/m0/s1. The van der Waals surface area contributed by atoms with Gasteiger partial charge in [-0.25, -0.2) is 4.79 Å². The summed E-state index contributed by atoms with van der Waals surface area (Å²) in [5.41, 5.74) is 0.693. The number of amides is 5. The summed E-state index contributed by atoms with van der Waals surface area (Å²) in [6, 6.07) is 5.77. The Morgan fingerprint density at radius 2 is 1.52 bits per heavy atom. The Morgan fingerprint density at radius 1 is 0.885 bits per heavy atom. The molecule has 1 aliphatic heterocycles. The number of aliphatic hydroxyl groups is 2. The number of aliphatic hydroxyl groups excluding tert-OH is 2. The molecular weight excluding hydrogens is 823 g/mol. The van der Waals surface area contributed by atoms with Crippen LogP contribution in [0.3, 0.4) is 0 Å². The molecule has 0 radical (unpaired) electrons. The minimum absolute atomic E-state index is 0.0311. The van der Waals surface area contributed by atoms with Crippen LogP contribution in [0.5, 0.6) is 0 Å². The number of hydrogen-bond acceptors (Lipinski definition) is 12. The van der Waals surface area contributed by atoms with Crippen molar-refractivity contribution in [2.24, 2.45) is 23.7 Å². The number of likely N-dealkylation sites (N-methyl/N-ethyl adjacent to an activating group) is 2. The number of nitrogens with zero attached hydrogens (tertiary/aromatic N) is 3. The third kappa shape index (κ3) is 15.6. The maximum absolute atomic E-state index is 14.5. The van der Waals surface area contributed by atoms with E-state index in [1.165, 1.54) is 47.8 Å². The third-order valence-electron chi connectivity index (χ3n) is 11.7. The molecule has 0 aliphatic carbocycles. The zero-order valence-electron chi connectivity index (χ0n) is 38.5. The maximum atomic E-state index is 14.5. The molecule has 348 valence electrons. The van der Waals surface area contributed by atoms with E-state index in [9.17, 15) is 29.1 Å². The lowest BCUT2D eigenvalue weighted by Crippen LogP contribution is -2.60. The van der Waals surface area contributed by atoms with Gasteiger partial charge in [0.15, 0.2) is 0 Å². The Labute approximate surface area is 372 Å². The fourth-order valence-electron chi connectivity index (χ4n) is 8.11. The van der Waals surface area contributed by atoms with Crippen molar-refractivity contribution in [2.75, 3.05) is 59.6 Å². The van der Waals surface area contributed by atoms with Gasteiger partial charge in [0.05, 0.1) is 55.4 Å². The van der Waals surface area contributed by atoms with Gasteiger partial charge in [-0.1, -0.05) is 107 Å². The predicted octanol–water partition coefficient (Wildman–Crippen LogP) is 4.75. The summed E-state index contributed by atoms with van der Waals surface area (Å²) in [5.74, 6) is -1.58. The van der Waals surface area contributed by atoms with Crippen molar-refractivity contribution >= 4 is 51.3 Å². The molecule has 0 saturated carbocycles. The molecule has 0 aromatic heterocycles. The van der Waals surface area contributed by atoms with Gasteiger partial charge in [-0.3, -0.25) is 24.1 Å². The molecule has 1 aliphatic rings. The van der Waals surface area contributed by atoms with E-state index in [1.807, 2.05) is 59.7 Å². The van der Waals surface area contributed by atoms with Crippen LogP contribution in [0.1, 0.15) is 92.7 Å². The normalized spacial score (nSPS) is 18.6. The molecule has 17 heteroatoms. The number of nitrogens with one attached hydrogen (secondary N) is 2. The Bertz CT molecular complexity index is 1510. The average molecular weight is 898 g/mol. The molecule has 0 unspecified atom stereocenters. The summed E-state index contributed by atoms with van der Waals surface area (Å²) >= 11 is 0. The fraction of sp³-hybridized carbons (Fsp3) is 0.750. The van der Waals surface area contributed by atoms with Gasteiger partial charge in [0.1, 0.15) is 18.7 Å². The molecule has 0 spiro atoms. The van der Waals surface area contributed by atoms with Gasteiger partial charge in [-0.05, 0) is 43.1 Å². The second kappa shape index (κ2) is 27.2. The van der Waals surface area contributed by atoms with Crippen molar-refractivity contribution in [3.8, 4) is 0 Å². The van der Waals surface area contributed by atoms with Crippen LogP contribution >= 0.6 is 21.6 Å². The van der Waals surface area contributed by atoms with Crippen molar-refractivity contribution in [3.05, 3.63) is 35.9 Å². The van der Waals surface area contributed by atoms with E-state index in [2.05, 4.69) is 10.6 Å². The molecule has 61 heavy (non-hydrogen) atoms. The van der Waals surface area contributed by atoms with Crippen LogP contribution in [-0.2, 0) is 33.4 Å². The third-order valence-corrected chi connectivity index (χ3v) is 14.1. The number of rotatable bonds is 26. The maximum Gasteiger partial charge on any atom is 0.410 e. The molecule has 5 amide bonds. The lowest BCUT2D eigenvalue weighted by molar-refractivity contribution is -0.148. The quantitative estimate of drug-likeness (QED) is 0.0740. The SMILES string of the molecule is CC[C@H](C)[C@@H]([C@@H](CC(=O)N1CCC[C@H]1[C@H](OC)[C@@H](C)C(=O)N[C@H](C)[C@@H](O)c1ccccc1)OC)N(C)C(=O)[C@@H](NC(=O)[C@H](C(C)C)N(C)C(=O)OCCSSCCO)C(C)C. The van der Waals surface area contributed by atoms with E-state index >= 15 is 0 Å². The molecule has 4 N–H and O–H groups in total. The summed E-state index contributed by atoms with van der Waals surface area (Å²) < 4.78 is 17.4. The van der Waals surface area contributed by atoms with Crippen molar-refractivity contribution in [3.63, 3.8) is 0 Å². The average Bonchev–Trinajstić information content (AvgIpc) is 3.72. The van der Waals surface area contributed by atoms with Gasteiger partial charge in [0.2, 0.25) is 23.6 Å². The predicted molar refractivity (Wildman–Crippen MR) is 242 cm³/mol. The van der Waals surface area contributed by atoms with Crippen molar-refractivity contribution < 1.29 is 48.4 Å². The van der Waals surface area contributed by atoms with Gasteiger partial charge in [0.25, 0.3) is 0 Å². The van der Waals surface area contributed by atoms with Crippen molar-refractivity contribution in [2.45, 2.75) is 130 Å². The fourth-order valence-corrected chi connectivity index (χ4v) is 9.71. The molecule has 1 aromatic rings. The molecule has 1 saturated heterocycles. The Balaban J connectivity index is 2.23. The first-order valence-corrected chi connectivity index (χ1v) is 24.1. The number of likely N-dealkylation sites (tertiary alicyclic amines) is 1. The van der Waals surface area contributed by atoms with Crippen LogP contribution in [0.15, 0.2) is 30.3 Å². The Morgan fingerprint density at radius 3 is 2.08 bits per heavy atom. The smallest absolute Gasteiger partial charge is 0.410 e. The van der Waals surface area contributed by atoms with E-state index in [-0.39, 0.29) is 61.2 Å². The first kappa shape index (κ1) is 54.0. The van der Waals surface area contributed by atoms with Gasteiger partial charge >= 0.3 is 6.09 Å². The molecule has 2 rings (SSSR count). The monoisotopic (exact) mass is 897 g/mol. The highest BCUT2D eigenvalue weighted by Crippen LogP contribution is 2.30. The van der Waals surface area contributed by atoms with Crippen molar-refractivity contribution in [1.29, 1.82) is 0 Å². The zero-order valence-corrected chi connectivity index (χ0v) is 40.1. The summed E-state index contributed by atoms with van der Waals surface area (Å²) in [6.45, 7) is 15.5. The summed E-state index contributed by atoms with van der Waals surface area (Å²) in [4.78, 5) is 73.8. The molecule has 1 fully saturated rings. The number of carbonyl (C=O) groups is 5. The van der Waals surface area contributed by atoms with Gasteiger partial charge in [-0.2, -0.15) is 0 Å². The minimum Gasteiger partial charge on any atom is -0.448 e. The highest BCUT2D eigenvalue weighted by Gasteiger charge is 2.43. The minimum atomic E-state index is -0.947. The summed E-state index contributed by atoms with van der Waals surface area (Å²) in [7, 11) is 9.20. The number of methoxy groups -OCH3 is 2. The molecule has 10 atom stereocenters. The van der Waals surface area contributed by atoms with E-state index in [1.54, 1.807) is 42.8 Å². The Kier molecular flexibility index (Phi) is 24.1. The van der Waals surface area contributed by atoms with Gasteiger partial charge < -0.3 is 44.9 Å². The highest BCUT2D eigenvalue weighted by atomic mass is 33.1. The van der Waals surface area contributed by atoms with E-state index in [0.29, 0.717) is 36.5 Å². The van der Waals surface area contributed by atoms with Gasteiger partial charge in [-0.15, -0.1) is 0 Å². The summed E-state index contributed by atoms with van der Waals surface area (Å²) in [5, 5.41) is 25.7. The van der Waals surface area contributed by atoms with Crippen LogP contribution < -0.4 is 10.6 Å². The van der Waals surface area contributed by atoms with Crippen LogP contribution in [0.4, 0.5) is 4.79 Å². The number of hydrogen-bond donors (Lipinski definition) is 4. The molecule has 0 bridgehead atoms. The largest absolute Gasteiger partial charge is 0.448 e. The first-order valence-electron chi connectivity index (χ1n) is 21.6. The van der Waals surface area contributed by atoms with Gasteiger partial charge in [0, 0.05) is 46.4 Å². The van der Waals surface area contributed by atoms with E-state index in [4.69, 9.17) is 19.3 Å². The second-order valence-corrected chi connectivity index (χ2v) is 19.5. The lowest BCUT2D eigenvalue weighted by atomic mass is 9.89. The van der Waals surface area contributed by atoms with Crippen LogP contribution in [0, 0.1) is 23.7 Å². The van der Waals surface area contributed by atoms with Crippen molar-refractivity contribution in [1.82, 2.24) is 25.3 Å². The second-order valence-electron chi connectivity index (χ2n) is 16.8. The number of carbonyl (C=O) groups excluding carboxylic acids is 5. The van der Waals surface area contributed by atoms with E-state index < -0.39 is 60.4 Å². The number of benzene rings is 1. The number of ether oxygens (including phenoxy) is 3. The molecule has 1 aromatic carbocycles. The van der Waals surface area contributed by atoms with E-state index in [0.717, 1.165) is 6.42 Å². The van der Waals surface area contributed by atoms with Crippen LogP contribution in [-0.4, -0.2) is 157 Å². The first-order chi connectivity index (χ1) is 28.9. The topological polar surface area (TPSA) is 187 Å².